The van der Waals surface area contributed by atoms with Crippen LogP contribution in [0.3, 0.4) is 0 Å². The monoisotopic (exact) mass is 253 g/mol. The van der Waals surface area contributed by atoms with Gasteiger partial charge in [0.1, 0.15) is 0 Å². The molecule has 17 heavy (non-hydrogen) atoms. The quantitative estimate of drug-likeness (QED) is 0.817. The van der Waals surface area contributed by atoms with E-state index in [0.717, 1.165) is 5.75 Å². The molecule has 3 unspecified atom stereocenters. The first-order valence-corrected chi connectivity index (χ1v) is 7.13. The highest BCUT2D eigenvalue weighted by Crippen LogP contribution is 2.24. The smallest absolute Gasteiger partial charge is 0.0628 e. The molecule has 0 bridgehead atoms. The predicted molar refractivity (Wildman–Crippen MR) is 76.6 cm³/mol. The predicted octanol–water partition coefficient (Wildman–Crippen LogP) is 2.76. The summed E-state index contributed by atoms with van der Waals surface area (Å²) < 4.78 is 0. The molecule has 0 amide bonds. The zero-order valence-electron chi connectivity index (χ0n) is 11.1. The lowest BCUT2D eigenvalue weighted by atomic mass is 10.0. The van der Waals surface area contributed by atoms with Gasteiger partial charge in [0.05, 0.1) is 6.10 Å². The van der Waals surface area contributed by atoms with E-state index in [4.69, 9.17) is 0 Å². The fourth-order valence-electron chi connectivity index (χ4n) is 1.69. The third-order valence-electron chi connectivity index (χ3n) is 3.12. The minimum Gasteiger partial charge on any atom is -0.392 e. The van der Waals surface area contributed by atoms with Crippen molar-refractivity contribution in [3.63, 3.8) is 0 Å². The lowest BCUT2D eigenvalue weighted by molar-refractivity contribution is 0.196. The fourth-order valence-corrected chi connectivity index (χ4v) is 2.81. The molecule has 96 valence electrons. The molecule has 0 saturated heterocycles. The maximum atomic E-state index is 9.49. The summed E-state index contributed by atoms with van der Waals surface area (Å²) in [6.07, 6.45) is -0.255. The third kappa shape index (κ3) is 4.34. The average Bonchev–Trinajstić information content (AvgIpc) is 2.31. The average molecular weight is 253 g/mol. The van der Waals surface area contributed by atoms with E-state index in [1.165, 1.54) is 11.1 Å². The van der Waals surface area contributed by atoms with E-state index >= 15 is 0 Å². The van der Waals surface area contributed by atoms with E-state index in [9.17, 15) is 5.11 Å². The summed E-state index contributed by atoms with van der Waals surface area (Å²) in [6.45, 7) is 6.06. The van der Waals surface area contributed by atoms with Gasteiger partial charge in [0.15, 0.2) is 0 Å². The summed E-state index contributed by atoms with van der Waals surface area (Å²) >= 11 is 1.81. The standard InChI is InChI=1S/C14H23NOS/c1-10-7-5-6-8-13(10)14(15-4)9-17-12(3)11(2)16/h5-8,11-12,14-16H,9H2,1-4H3. The van der Waals surface area contributed by atoms with Crippen LogP contribution in [0, 0.1) is 6.92 Å². The van der Waals surface area contributed by atoms with Crippen molar-refractivity contribution in [3.05, 3.63) is 35.4 Å². The van der Waals surface area contributed by atoms with Crippen LogP contribution < -0.4 is 5.32 Å². The van der Waals surface area contributed by atoms with Crippen molar-refractivity contribution in [1.29, 1.82) is 0 Å². The fraction of sp³-hybridized carbons (Fsp3) is 0.571. The second-order valence-electron chi connectivity index (χ2n) is 4.48. The molecule has 0 aliphatic carbocycles. The topological polar surface area (TPSA) is 32.3 Å². The molecule has 2 nitrogen and oxygen atoms in total. The van der Waals surface area contributed by atoms with Crippen molar-refractivity contribution in [2.75, 3.05) is 12.8 Å². The van der Waals surface area contributed by atoms with Crippen molar-refractivity contribution in [3.8, 4) is 0 Å². The number of rotatable bonds is 6. The summed E-state index contributed by atoms with van der Waals surface area (Å²) in [5.74, 6) is 0.980. The van der Waals surface area contributed by atoms with Gasteiger partial charge >= 0.3 is 0 Å². The minimum absolute atomic E-state index is 0.255. The Bertz CT molecular complexity index is 341. The summed E-state index contributed by atoms with van der Waals surface area (Å²) in [4.78, 5) is 0. The van der Waals surface area contributed by atoms with Gasteiger partial charge in [-0.3, -0.25) is 0 Å². The van der Waals surface area contributed by atoms with Crippen LogP contribution in [0.2, 0.25) is 0 Å². The van der Waals surface area contributed by atoms with E-state index in [-0.39, 0.29) is 11.4 Å². The summed E-state index contributed by atoms with van der Waals surface area (Å²) in [5.41, 5.74) is 2.66. The zero-order valence-corrected chi connectivity index (χ0v) is 11.9. The molecule has 0 aliphatic rings. The van der Waals surface area contributed by atoms with Gasteiger partial charge in [-0.15, -0.1) is 0 Å². The molecule has 3 heteroatoms. The highest BCUT2D eigenvalue weighted by atomic mass is 32.2. The van der Waals surface area contributed by atoms with Crippen LogP contribution in [-0.4, -0.2) is 29.3 Å². The van der Waals surface area contributed by atoms with Gasteiger partial charge in [-0.05, 0) is 32.0 Å². The number of hydrogen-bond donors (Lipinski definition) is 2. The minimum atomic E-state index is -0.255. The van der Waals surface area contributed by atoms with Gasteiger partial charge in [-0.2, -0.15) is 11.8 Å². The first kappa shape index (κ1) is 14.6. The van der Waals surface area contributed by atoms with Crippen LogP contribution in [0.15, 0.2) is 24.3 Å². The maximum Gasteiger partial charge on any atom is 0.0628 e. The lowest BCUT2D eigenvalue weighted by Gasteiger charge is -2.21. The van der Waals surface area contributed by atoms with Gasteiger partial charge in [0, 0.05) is 17.0 Å². The maximum absolute atomic E-state index is 9.49. The molecule has 1 aromatic rings. The van der Waals surface area contributed by atoms with Crippen molar-refractivity contribution in [2.24, 2.45) is 0 Å². The molecule has 1 rings (SSSR count). The Morgan fingerprint density at radius 1 is 1.29 bits per heavy atom. The molecule has 0 fully saturated rings. The van der Waals surface area contributed by atoms with Crippen LogP contribution in [0.4, 0.5) is 0 Å². The van der Waals surface area contributed by atoms with Crippen LogP contribution in [-0.2, 0) is 0 Å². The molecule has 3 atom stereocenters. The SMILES string of the molecule is CNC(CSC(C)C(C)O)c1ccccc1C. The molecule has 0 saturated carbocycles. The van der Waals surface area contributed by atoms with E-state index in [1.54, 1.807) is 0 Å². The van der Waals surface area contributed by atoms with Gasteiger partial charge in [-0.1, -0.05) is 31.2 Å². The summed E-state index contributed by atoms with van der Waals surface area (Å²) in [5, 5.41) is 13.1. The van der Waals surface area contributed by atoms with Crippen LogP contribution in [0.1, 0.15) is 31.0 Å². The van der Waals surface area contributed by atoms with Crippen molar-refractivity contribution in [2.45, 2.75) is 38.2 Å². The Kier molecular flexibility index (Phi) is 6.03. The largest absolute Gasteiger partial charge is 0.392 e. The van der Waals surface area contributed by atoms with Crippen LogP contribution in [0.5, 0.6) is 0 Å². The number of aryl methyl sites for hydroxylation is 1. The van der Waals surface area contributed by atoms with Crippen molar-refractivity contribution >= 4 is 11.8 Å². The Hall–Kier alpha value is -0.510. The van der Waals surface area contributed by atoms with Crippen LogP contribution >= 0.6 is 11.8 Å². The van der Waals surface area contributed by atoms with Gasteiger partial charge in [0.2, 0.25) is 0 Å². The second kappa shape index (κ2) is 7.04. The van der Waals surface area contributed by atoms with Crippen molar-refractivity contribution < 1.29 is 5.11 Å². The molecule has 0 radical (unpaired) electrons. The number of aliphatic hydroxyl groups excluding tert-OH is 1. The normalized spacial score (nSPS) is 16.5. The molecule has 0 aliphatic heterocycles. The van der Waals surface area contributed by atoms with Gasteiger partial charge in [-0.25, -0.2) is 0 Å². The molecule has 2 N–H and O–H groups in total. The van der Waals surface area contributed by atoms with Gasteiger partial charge in [0.25, 0.3) is 0 Å². The lowest BCUT2D eigenvalue weighted by Crippen LogP contribution is -2.23. The molecule has 1 aromatic carbocycles. The first-order valence-electron chi connectivity index (χ1n) is 6.08. The third-order valence-corrected chi connectivity index (χ3v) is 4.56. The molecule has 0 aromatic heterocycles. The summed E-state index contributed by atoms with van der Waals surface area (Å²) in [6, 6.07) is 8.81. The number of hydrogen-bond acceptors (Lipinski definition) is 3. The second-order valence-corrected chi connectivity index (χ2v) is 5.89. The highest BCUT2D eigenvalue weighted by molar-refractivity contribution is 7.99. The molecule has 0 spiro atoms. The number of thioether (sulfide) groups is 1. The molecular weight excluding hydrogens is 230 g/mol. The van der Waals surface area contributed by atoms with E-state index in [0.29, 0.717) is 6.04 Å². The Labute approximate surface area is 109 Å². The molecule has 0 heterocycles. The van der Waals surface area contributed by atoms with Gasteiger partial charge < -0.3 is 10.4 Å². The van der Waals surface area contributed by atoms with E-state index in [1.807, 2.05) is 25.7 Å². The zero-order chi connectivity index (χ0) is 12.8. The molecular formula is C14H23NOS. The van der Waals surface area contributed by atoms with E-state index in [2.05, 4.69) is 43.4 Å². The first-order chi connectivity index (χ1) is 8.06. The Morgan fingerprint density at radius 2 is 1.94 bits per heavy atom. The number of aliphatic hydroxyl groups is 1. The Balaban J connectivity index is 2.64. The van der Waals surface area contributed by atoms with Crippen LogP contribution in [0.25, 0.3) is 0 Å². The number of benzene rings is 1. The summed E-state index contributed by atoms with van der Waals surface area (Å²) in [7, 11) is 1.99. The Morgan fingerprint density at radius 3 is 2.47 bits per heavy atom. The number of nitrogens with one attached hydrogen (secondary N) is 1. The highest BCUT2D eigenvalue weighted by Gasteiger charge is 2.15. The van der Waals surface area contributed by atoms with Crippen molar-refractivity contribution in [1.82, 2.24) is 5.32 Å². The van der Waals surface area contributed by atoms with E-state index < -0.39 is 0 Å².